The Morgan fingerprint density at radius 1 is 1.50 bits per heavy atom. The number of nitrogens with one attached hydrogen (secondary N) is 1. The summed E-state index contributed by atoms with van der Waals surface area (Å²) >= 11 is 0. The number of carbonyl (C=O) groups excluding carboxylic acids is 2. The fraction of sp³-hybridized carbons (Fsp3) is 0. The average molecular weight is 84.1 g/mol. The maximum Gasteiger partial charge on any atom is 0.290 e. The van der Waals surface area contributed by atoms with E-state index in [9.17, 15) is 9.59 Å². The zero-order chi connectivity index (χ0) is 4.57. The van der Waals surface area contributed by atoms with Gasteiger partial charge in [-0.15, -0.1) is 0 Å². The van der Waals surface area contributed by atoms with Crippen LogP contribution in [0.5, 0.6) is 0 Å². The van der Waals surface area contributed by atoms with Crippen molar-refractivity contribution < 1.29 is 9.59 Å². The number of ketones is 1. The summed E-state index contributed by atoms with van der Waals surface area (Å²) < 4.78 is 0. The van der Waals surface area contributed by atoms with Crippen molar-refractivity contribution in [3.63, 3.8) is 0 Å². The minimum absolute atomic E-state index is 0.435. The molecule has 0 aromatic heterocycles. The van der Waals surface area contributed by atoms with Crippen molar-refractivity contribution in [3.8, 4) is 0 Å². The Morgan fingerprint density at radius 3 is 2.00 bits per heavy atom. The normalized spacial score (nSPS) is 19.3. The van der Waals surface area contributed by atoms with Crippen LogP contribution in [0.15, 0.2) is 0 Å². The SMILES string of the molecule is O=C1[CH]NC1=O. The highest BCUT2D eigenvalue weighted by Gasteiger charge is 2.23. The predicted molar refractivity (Wildman–Crippen MR) is 17.4 cm³/mol. The van der Waals surface area contributed by atoms with Gasteiger partial charge in [-0.2, -0.15) is 0 Å². The molecule has 31 valence electrons. The van der Waals surface area contributed by atoms with Crippen LogP contribution in [-0.2, 0) is 9.59 Å². The standard InChI is InChI=1S/C3H2NO2/c5-2-1-4-3(2)6/h1H,(H,4,6). The summed E-state index contributed by atoms with van der Waals surface area (Å²) in [6.07, 6.45) is 0. The third kappa shape index (κ3) is 0.217. The van der Waals surface area contributed by atoms with Gasteiger partial charge in [-0.1, -0.05) is 0 Å². The molecule has 0 aliphatic carbocycles. The Bertz CT molecular complexity index is 93.4. The Morgan fingerprint density at radius 2 is 2.00 bits per heavy atom. The molecule has 0 bridgehead atoms. The second-order valence-electron chi connectivity index (χ2n) is 0.982. The first kappa shape index (κ1) is 3.33. The van der Waals surface area contributed by atoms with E-state index in [0.29, 0.717) is 0 Å². The molecule has 1 radical (unpaired) electrons. The molecule has 1 amide bonds. The van der Waals surface area contributed by atoms with Gasteiger partial charge in [0, 0.05) is 0 Å². The van der Waals surface area contributed by atoms with E-state index in [-0.39, 0.29) is 0 Å². The number of hydrogen-bond acceptors (Lipinski definition) is 2. The summed E-state index contributed by atoms with van der Waals surface area (Å²) in [7, 11) is 0. The third-order valence-corrected chi connectivity index (χ3v) is 0.558. The van der Waals surface area contributed by atoms with Crippen LogP contribution in [-0.4, -0.2) is 11.7 Å². The highest BCUT2D eigenvalue weighted by atomic mass is 16.2. The molecule has 1 aliphatic heterocycles. The second kappa shape index (κ2) is 0.801. The lowest BCUT2D eigenvalue weighted by molar-refractivity contribution is -0.140. The molecule has 1 saturated heterocycles. The van der Waals surface area contributed by atoms with Crippen LogP contribution in [0, 0.1) is 6.54 Å². The zero-order valence-corrected chi connectivity index (χ0v) is 2.89. The van der Waals surface area contributed by atoms with Gasteiger partial charge in [0.05, 0.1) is 0 Å². The van der Waals surface area contributed by atoms with Gasteiger partial charge in [-0.05, 0) is 0 Å². The van der Waals surface area contributed by atoms with Crippen LogP contribution in [0.25, 0.3) is 0 Å². The predicted octanol–water partition coefficient (Wildman–Crippen LogP) is -1.15. The van der Waals surface area contributed by atoms with Gasteiger partial charge in [-0.25, -0.2) is 0 Å². The number of hydrogen-bond donors (Lipinski definition) is 1. The van der Waals surface area contributed by atoms with E-state index in [0.717, 1.165) is 6.54 Å². The lowest BCUT2D eigenvalue weighted by Gasteiger charge is -2.07. The molecule has 1 N–H and O–H groups in total. The number of rotatable bonds is 0. The molecule has 1 aliphatic rings. The van der Waals surface area contributed by atoms with E-state index in [1.54, 1.807) is 0 Å². The van der Waals surface area contributed by atoms with E-state index < -0.39 is 11.7 Å². The van der Waals surface area contributed by atoms with Crippen molar-refractivity contribution in [3.05, 3.63) is 6.54 Å². The Labute approximate surface area is 34.3 Å². The molecule has 0 unspecified atom stereocenters. The molecule has 3 heteroatoms. The summed E-state index contributed by atoms with van der Waals surface area (Å²) in [6, 6.07) is 0. The third-order valence-electron chi connectivity index (χ3n) is 0.558. The van der Waals surface area contributed by atoms with Crippen LogP contribution in [0.3, 0.4) is 0 Å². The number of amides is 1. The Balaban J connectivity index is 2.61. The molecule has 0 aromatic carbocycles. The number of β-lactam (4-membered cyclic amide) rings is 1. The lowest BCUT2D eigenvalue weighted by Crippen LogP contribution is -2.43. The quantitative estimate of drug-likeness (QED) is 0.297. The molecule has 1 heterocycles. The van der Waals surface area contributed by atoms with Gasteiger partial charge in [0.25, 0.3) is 5.91 Å². The largest absolute Gasteiger partial charge is 0.336 e. The summed E-state index contributed by atoms with van der Waals surface area (Å²) in [6.45, 7) is 1.13. The van der Waals surface area contributed by atoms with Crippen molar-refractivity contribution >= 4 is 11.7 Å². The maximum absolute atomic E-state index is 9.76. The number of carbonyl (C=O) groups is 2. The summed E-state index contributed by atoms with van der Waals surface area (Å²) in [4.78, 5) is 19.5. The van der Waals surface area contributed by atoms with Crippen LogP contribution < -0.4 is 5.32 Å². The van der Waals surface area contributed by atoms with E-state index in [1.165, 1.54) is 0 Å². The minimum Gasteiger partial charge on any atom is -0.336 e. The molecule has 0 spiro atoms. The fourth-order valence-corrected chi connectivity index (χ4v) is 0.190. The molecule has 1 fully saturated rings. The summed E-state index contributed by atoms with van der Waals surface area (Å²) in [5.74, 6) is -0.940. The van der Waals surface area contributed by atoms with Gasteiger partial charge in [0.2, 0.25) is 5.78 Å². The van der Waals surface area contributed by atoms with Crippen molar-refractivity contribution in [1.29, 1.82) is 0 Å². The molecule has 0 aromatic rings. The van der Waals surface area contributed by atoms with Gasteiger partial charge in [0.1, 0.15) is 6.54 Å². The van der Waals surface area contributed by atoms with Gasteiger partial charge in [-0.3, -0.25) is 9.59 Å². The molecule has 1 rings (SSSR count). The monoisotopic (exact) mass is 84.0 g/mol. The van der Waals surface area contributed by atoms with E-state index in [1.807, 2.05) is 0 Å². The number of Topliss-reactive ketones (excluding diaryl/α,β-unsaturated/α-hetero) is 1. The van der Waals surface area contributed by atoms with Gasteiger partial charge < -0.3 is 5.32 Å². The van der Waals surface area contributed by atoms with Gasteiger partial charge in [0.15, 0.2) is 0 Å². The fourth-order valence-electron chi connectivity index (χ4n) is 0.190. The smallest absolute Gasteiger partial charge is 0.290 e. The summed E-state index contributed by atoms with van der Waals surface area (Å²) in [5, 5.41) is 2.14. The zero-order valence-electron chi connectivity index (χ0n) is 2.89. The first-order chi connectivity index (χ1) is 2.80. The van der Waals surface area contributed by atoms with Crippen molar-refractivity contribution in [2.24, 2.45) is 0 Å². The first-order valence-electron chi connectivity index (χ1n) is 1.49. The van der Waals surface area contributed by atoms with Crippen molar-refractivity contribution in [2.45, 2.75) is 0 Å². The first-order valence-corrected chi connectivity index (χ1v) is 1.49. The van der Waals surface area contributed by atoms with Crippen molar-refractivity contribution in [2.75, 3.05) is 0 Å². The molecule has 0 saturated carbocycles. The van der Waals surface area contributed by atoms with E-state index >= 15 is 0 Å². The average Bonchev–Trinajstić information content (AvgIpc) is 1.61. The summed E-state index contributed by atoms with van der Waals surface area (Å²) in [5.41, 5.74) is 0. The maximum atomic E-state index is 9.76. The van der Waals surface area contributed by atoms with Crippen LogP contribution in [0.1, 0.15) is 0 Å². The Kier molecular flexibility index (Phi) is 0.445. The molecule has 6 heavy (non-hydrogen) atoms. The van der Waals surface area contributed by atoms with Crippen molar-refractivity contribution in [1.82, 2.24) is 5.32 Å². The molecular formula is C3H2NO2. The second-order valence-corrected chi connectivity index (χ2v) is 0.982. The Hall–Kier alpha value is -0.860. The van der Waals surface area contributed by atoms with Crippen LogP contribution >= 0.6 is 0 Å². The van der Waals surface area contributed by atoms with E-state index in [2.05, 4.69) is 5.32 Å². The topological polar surface area (TPSA) is 46.2 Å². The van der Waals surface area contributed by atoms with Gasteiger partial charge >= 0.3 is 0 Å². The minimum atomic E-state index is -0.505. The van der Waals surface area contributed by atoms with E-state index in [4.69, 9.17) is 0 Å². The molecular weight excluding hydrogens is 82.0 g/mol. The van der Waals surface area contributed by atoms with Crippen LogP contribution in [0.2, 0.25) is 0 Å². The highest BCUT2D eigenvalue weighted by Crippen LogP contribution is 1.86. The highest BCUT2D eigenvalue weighted by molar-refractivity contribution is 6.46. The van der Waals surface area contributed by atoms with Crippen LogP contribution in [0.4, 0.5) is 0 Å². The molecule has 0 atom stereocenters. The lowest BCUT2D eigenvalue weighted by atomic mass is 10.2. The molecule has 3 nitrogen and oxygen atoms in total.